The van der Waals surface area contributed by atoms with Gasteiger partial charge in [-0.1, -0.05) is 43.1 Å². The molecule has 0 aromatic carbocycles. The lowest BCUT2D eigenvalue weighted by atomic mass is 9.45. The number of rotatable bonds is 4. The van der Waals surface area contributed by atoms with Gasteiger partial charge in [-0.05, 0) is 114 Å². The Morgan fingerprint density at radius 1 is 1.06 bits per heavy atom. The largest absolute Gasteiger partial charge is 0.393 e. The predicted molar refractivity (Wildman–Crippen MR) is 129 cm³/mol. The number of allylic oxidation sites excluding steroid dienone is 3. The molecule has 0 amide bonds. The third-order valence-electron chi connectivity index (χ3n) is 10.9. The van der Waals surface area contributed by atoms with Gasteiger partial charge >= 0.3 is 0 Å². The molecule has 0 aliphatic heterocycles. The van der Waals surface area contributed by atoms with Crippen LogP contribution in [-0.4, -0.2) is 17.0 Å². The summed E-state index contributed by atoms with van der Waals surface area (Å²) in [6.07, 6.45) is 9.40. The fraction of sp³-hybridized carbons (Fsp3) is 0.828. The van der Waals surface area contributed by atoms with Crippen LogP contribution in [0.15, 0.2) is 22.3 Å². The fourth-order valence-corrected chi connectivity index (χ4v) is 8.65. The van der Waals surface area contributed by atoms with Crippen molar-refractivity contribution in [2.24, 2.45) is 40.4 Å². The molecule has 0 bridgehead atoms. The maximum atomic E-state index is 13.9. The Morgan fingerprint density at radius 2 is 1.77 bits per heavy atom. The van der Waals surface area contributed by atoms with Crippen molar-refractivity contribution in [3.8, 4) is 0 Å². The number of aliphatic hydroxyl groups is 1. The van der Waals surface area contributed by atoms with Gasteiger partial charge in [0.05, 0.1) is 6.10 Å². The summed E-state index contributed by atoms with van der Waals surface area (Å²) in [6, 6.07) is 0. The number of aliphatic hydroxyl groups excluding tert-OH is 1. The van der Waals surface area contributed by atoms with E-state index in [0.29, 0.717) is 35.4 Å². The highest BCUT2D eigenvalue weighted by Crippen LogP contribution is 2.67. The molecule has 3 saturated carbocycles. The van der Waals surface area contributed by atoms with E-state index in [2.05, 4.69) is 48.5 Å². The summed E-state index contributed by atoms with van der Waals surface area (Å²) in [5.41, 5.74) is 6.02. The molecule has 4 aliphatic carbocycles. The number of Topliss-reactive ketones (excluding diaryl/α,β-unsaturated/α-hetero) is 1. The van der Waals surface area contributed by atoms with Crippen molar-refractivity contribution in [2.75, 3.05) is 0 Å². The first-order chi connectivity index (χ1) is 14.5. The van der Waals surface area contributed by atoms with Gasteiger partial charge in [-0.2, -0.15) is 0 Å². The summed E-state index contributed by atoms with van der Waals surface area (Å²) in [5, 5.41) is 10.3. The molecule has 0 saturated heterocycles. The van der Waals surface area contributed by atoms with E-state index in [1.807, 2.05) is 0 Å². The second kappa shape index (κ2) is 8.15. The number of hydrogen-bond acceptors (Lipinski definition) is 2. The fourth-order valence-electron chi connectivity index (χ4n) is 8.65. The molecule has 0 spiro atoms. The van der Waals surface area contributed by atoms with Gasteiger partial charge in [0.15, 0.2) is 0 Å². The summed E-state index contributed by atoms with van der Waals surface area (Å²) in [4.78, 5) is 13.9. The number of fused-ring (bicyclic) bond motifs is 5. The van der Waals surface area contributed by atoms with E-state index in [9.17, 15) is 9.90 Å². The van der Waals surface area contributed by atoms with E-state index in [-0.39, 0.29) is 16.9 Å². The Morgan fingerprint density at radius 3 is 2.45 bits per heavy atom. The zero-order chi connectivity index (χ0) is 22.7. The van der Waals surface area contributed by atoms with Crippen molar-refractivity contribution < 1.29 is 9.90 Å². The zero-order valence-electron chi connectivity index (χ0n) is 21.2. The first-order valence-corrected chi connectivity index (χ1v) is 13.0. The molecule has 174 valence electrons. The van der Waals surface area contributed by atoms with Crippen LogP contribution in [0.25, 0.3) is 0 Å². The standard InChI is InChI=1S/C29H46O2/c1-17(2)18(3)8-9-19(4)23-10-11-24-22-14-20(5)25-15-21(30)12-13-28(25,6)26(22)16-27(31)29(23,24)7/h19,21-24,26,30H,8-16H2,1-7H3/t19-,21-,22+,23-,24+,26+,28+,29-/m1/s1. The van der Waals surface area contributed by atoms with Gasteiger partial charge in [0.25, 0.3) is 0 Å². The van der Waals surface area contributed by atoms with E-state index in [1.54, 1.807) is 0 Å². The Balaban J connectivity index is 1.60. The summed E-state index contributed by atoms with van der Waals surface area (Å²) < 4.78 is 0. The van der Waals surface area contributed by atoms with Crippen LogP contribution in [0.5, 0.6) is 0 Å². The lowest BCUT2D eigenvalue weighted by Gasteiger charge is -2.58. The van der Waals surface area contributed by atoms with E-state index in [1.165, 1.54) is 48.0 Å². The minimum atomic E-state index is -0.180. The minimum absolute atomic E-state index is 0.123. The van der Waals surface area contributed by atoms with Crippen LogP contribution in [0, 0.1) is 40.4 Å². The molecule has 1 N–H and O–H groups in total. The smallest absolute Gasteiger partial charge is 0.139 e. The average molecular weight is 427 g/mol. The average Bonchev–Trinajstić information content (AvgIpc) is 3.07. The summed E-state index contributed by atoms with van der Waals surface area (Å²) >= 11 is 0. The van der Waals surface area contributed by atoms with Gasteiger partial charge in [-0.3, -0.25) is 4.79 Å². The number of ketones is 1. The molecule has 4 aliphatic rings. The maximum absolute atomic E-state index is 13.9. The molecule has 8 atom stereocenters. The molecular weight excluding hydrogens is 380 g/mol. The maximum Gasteiger partial charge on any atom is 0.139 e. The van der Waals surface area contributed by atoms with E-state index in [4.69, 9.17) is 0 Å². The van der Waals surface area contributed by atoms with E-state index in [0.717, 1.165) is 32.1 Å². The van der Waals surface area contributed by atoms with Crippen LogP contribution in [-0.2, 0) is 4.79 Å². The lowest BCUT2D eigenvalue weighted by Crippen LogP contribution is -2.55. The summed E-state index contributed by atoms with van der Waals surface area (Å²) in [5.74, 6) is 3.42. The topological polar surface area (TPSA) is 37.3 Å². The molecule has 4 rings (SSSR count). The second-order valence-electron chi connectivity index (χ2n) is 12.5. The highest BCUT2D eigenvalue weighted by atomic mass is 16.3. The molecule has 0 radical (unpaired) electrons. The third kappa shape index (κ3) is 3.60. The molecule has 3 fully saturated rings. The van der Waals surface area contributed by atoms with Gasteiger partial charge in [-0.25, -0.2) is 0 Å². The van der Waals surface area contributed by atoms with Gasteiger partial charge < -0.3 is 5.11 Å². The number of carbonyl (C=O) groups excluding carboxylic acids is 1. The van der Waals surface area contributed by atoms with Crippen LogP contribution in [0.4, 0.5) is 0 Å². The molecule has 2 heteroatoms. The quantitative estimate of drug-likeness (QED) is 0.480. The van der Waals surface area contributed by atoms with Crippen molar-refractivity contribution in [1.29, 1.82) is 0 Å². The monoisotopic (exact) mass is 426 g/mol. The Bertz CT molecular complexity index is 800. The van der Waals surface area contributed by atoms with Crippen LogP contribution in [0.3, 0.4) is 0 Å². The van der Waals surface area contributed by atoms with Gasteiger partial charge in [0.2, 0.25) is 0 Å². The molecule has 0 unspecified atom stereocenters. The number of carbonyl (C=O) groups is 1. The van der Waals surface area contributed by atoms with Crippen LogP contribution >= 0.6 is 0 Å². The highest BCUT2D eigenvalue weighted by Gasteiger charge is 2.63. The lowest BCUT2D eigenvalue weighted by molar-refractivity contribution is -0.148. The van der Waals surface area contributed by atoms with Gasteiger partial charge in [0, 0.05) is 11.8 Å². The SMILES string of the molecule is CC(C)=C(C)CC[C@@H](C)[C@H]1CC[C@H]2[C@@H]3CC(C)=C4C[C@H](O)CC[C@]4(C)[C@H]3CC(=O)[C@]12C. The van der Waals surface area contributed by atoms with Crippen molar-refractivity contribution in [3.63, 3.8) is 0 Å². The molecule has 31 heavy (non-hydrogen) atoms. The Hall–Kier alpha value is -0.890. The van der Waals surface area contributed by atoms with Crippen LogP contribution < -0.4 is 0 Å². The first-order valence-electron chi connectivity index (χ1n) is 13.0. The van der Waals surface area contributed by atoms with E-state index < -0.39 is 0 Å². The zero-order valence-corrected chi connectivity index (χ0v) is 21.2. The molecule has 0 aromatic rings. The van der Waals surface area contributed by atoms with Crippen molar-refractivity contribution >= 4 is 5.78 Å². The molecular formula is C29H46O2. The summed E-state index contributed by atoms with van der Waals surface area (Å²) in [7, 11) is 0. The third-order valence-corrected chi connectivity index (χ3v) is 10.9. The number of hydrogen-bond donors (Lipinski definition) is 1. The predicted octanol–water partition coefficient (Wildman–Crippen LogP) is 7.27. The van der Waals surface area contributed by atoms with Crippen molar-refractivity contribution in [2.45, 2.75) is 112 Å². The molecule has 0 heterocycles. The van der Waals surface area contributed by atoms with Crippen LogP contribution in [0.2, 0.25) is 0 Å². The van der Waals surface area contributed by atoms with Gasteiger partial charge in [-0.15, -0.1) is 0 Å². The summed E-state index contributed by atoms with van der Waals surface area (Å²) in [6.45, 7) is 16.2. The van der Waals surface area contributed by atoms with Crippen molar-refractivity contribution in [3.05, 3.63) is 22.3 Å². The molecule has 2 nitrogen and oxygen atoms in total. The van der Waals surface area contributed by atoms with Crippen molar-refractivity contribution in [1.82, 2.24) is 0 Å². The first kappa shape index (κ1) is 23.3. The second-order valence-corrected chi connectivity index (χ2v) is 12.5. The van der Waals surface area contributed by atoms with Gasteiger partial charge in [0.1, 0.15) is 5.78 Å². The Kier molecular flexibility index (Phi) is 6.12. The van der Waals surface area contributed by atoms with E-state index >= 15 is 0 Å². The highest BCUT2D eigenvalue weighted by molar-refractivity contribution is 5.87. The van der Waals surface area contributed by atoms with Crippen LogP contribution in [0.1, 0.15) is 106 Å². The normalized spacial score (nSPS) is 43.2. The minimum Gasteiger partial charge on any atom is -0.393 e. The molecule has 0 aromatic heterocycles. The Labute approximate surface area is 191 Å².